The molecular formula is C28H43N5. The van der Waals surface area contributed by atoms with Gasteiger partial charge in [-0.25, -0.2) is 9.97 Å². The van der Waals surface area contributed by atoms with Crippen molar-refractivity contribution in [2.75, 3.05) is 23.7 Å². The second-order valence-electron chi connectivity index (χ2n) is 9.03. The van der Waals surface area contributed by atoms with Crippen molar-refractivity contribution in [1.29, 1.82) is 5.26 Å². The van der Waals surface area contributed by atoms with Gasteiger partial charge in [-0.2, -0.15) is 5.26 Å². The average molecular weight is 450 g/mol. The molecule has 0 bridgehead atoms. The first-order chi connectivity index (χ1) is 15.9. The van der Waals surface area contributed by atoms with E-state index in [0.717, 1.165) is 80.9 Å². The van der Waals surface area contributed by atoms with Gasteiger partial charge in [0.2, 0.25) is 0 Å². The Bertz CT molecular complexity index is 944. The summed E-state index contributed by atoms with van der Waals surface area (Å²) in [5, 5.41) is 9.97. The minimum atomic E-state index is 0.357. The van der Waals surface area contributed by atoms with Gasteiger partial charge in [0.1, 0.15) is 17.7 Å². The fourth-order valence-corrected chi connectivity index (χ4v) is 4.44. The fourth-order valence-electron chi connectivity index (χ4n) is 4.44. The van der Waals surface area contributed by atoms with Crippen molar-refractivity contribution >= 4 is 11.5 Å². The Labute approximate surface area is 201 Å². The number of nitrogens with zero attached hydrogens (tertiary/aromatic N) is 4. The maximum absolute atomic E-state index is 9.97. The first-order valence-corrected chi connectivity index (χ1v) is 12.9. The molecule has 0 aliphatic rings. The van der Waals surface area contributed by atoms with Crippen molar-refractivity contribution in [2.24, 2.45) is 0 Å². The molecule has 0 unspecified atom stereocenters. The predicted molar refractivity (Wildman–Crippen MR) is 140 cm³/mol. The normalized spacial score (nSPS) is 11.9. The number of rotatable bonds is 13. The molecule has 0 aliphatic heterocycles. The third-order valence-electron chi connectivity index (χ3n) is 6.49. The quantitative estimate of drug-likeness (QED) is 0.350. The molecule has 0 spiro atoms. The maximum Gasteiger partial charge on any atom is 0.135 e. The monoisotopic (exact) mass is 449 g/mol. The molecule has 1 heterocycles. The van der Waals surface area contributed by atoms with Crippen LogP contribution in [-0.4, -0.2) is 23.1 Å². The zero-order valence-electron chi connectivity index (χ0n) is 21.7. The van der Waals surface area contributed by atoms with E-state index in [0.29, 0.717) is 23.6 Å². The molecule has 0 radical (unpaired) electrons. The Morgan fingerprint density at radius 1 is 1.00 bits per heavy atom. The summed E-state index contributed by atoms with van der Waals surface area (Å²) in [6, 6.07) is 6.38. The highest BCUT2D eigenvalue weighted by Gasteiger charge is 2.22. The molecule has 33 heavy (non-hydrogen) atoms. The second-order valence-corrected chi connectivity index (χ2v) is 9.03. The molecule has 5 heteroatoms. The summed E-state index contributed by atoms with van der Waals surface area (Å²) in [7, 11) is 0. The van der Waals surface area contributed by atoms with Crippen LogP contribution in [0.5, 0.6) is 0 Å². The molecule has 180 valence electrons. The first-order valence-electron chi connectivity index (χ1n) is 12.9. The molecule has 0 amide bonds. The first kappa shape index (κ1) is 26.6. The zero-order valence-corrected chi connectivity index (χ0v) is 21.7. The van der Waals surface area contributed by atoms with Gasteiger partial charge < -0.3 is 10.6 Å². The largest absolute Gasteiger partial charge is 0.398 e. The standard InChI is InChI=1S/C28H43N5/c1-7-12-17-33(16-9-3)28-22(13-8-2)26(31-27(11-5)32-28)18-23-21(20(6)10-4)14-15-25(30)24(23)19-29/h14-15,20H,7-13,16-18,30H2,1-6H3/t20-/m0/s1. The van der Waals surface area contributed by atoms with Crippen LogP contribution in [0.4, 0.5) is 11.5 Å². The lowest BCUT2D eigenvalue weighted by Gasteiger charge is -2.28. The molecule has 0 fully saturated rings. The van der Waals surface area contributed by atoms with Crippen LogP contribution < -0.4 is 10.6 Å². The summed E-state index contributed by atoms with van der Waals surface area (Å²) in [5.41, 5.74) is 11.9. The predicted octanol–water partition coefficient (Wildman–Crippen LogP) is 6.57. The molecule has 1 aromatic heterocycles. The number of aromatic nitrogens is 2. The van der Waals surface area contributed by atoms with Gasteiger partial charge in [0.05, 0.1) is 11.3 Å². The molecule has 0 aliphatic carbocycles. The van der Waals surface area contributed by atoms with Gasteiger partial charge in [-0.15, -0.1) is 0 Å². The molecule has 0 saturated heterocycles. The number of hydrogen-bond donors (Lipinski definition) is 1. The van der Waals surface area contributed by atoms with Crippen molar-refractivity contribution in [3.63, 3.8) is 0 Å². The van der Waals surface area contributed by atoms with Crippen LogP contribution in [-0.2, 0) is 19.3 Å². The lowest BCUT2D eigenvalue weighted by Crippen LogP contribution is -2.29. The lowest BCUT2D eigenvalue weighted by molar-refractivity contribution is 0.681. The highest BCUT2D eigenvalue weighted by atomic mass is 15.2. The fraction of sp³-hybridized carbons (Fsp3) is 0.607. The number of unbranched alkanes of at least 4 members (excludes halogenated alkanes) is 1. The number of nitrogens with two attached hydrogens (primary N) is 1. The molecule has 1 aromatic carbocycles. The van der Waals surface area contributed by atoms with E-state index in [4.69, 9.17) is 15.7 Å². The van der Waals surface area contributed by atoms with Crippen molar-refractivity contribution in [3.8, 4) is 6.07 Å². The van der Waals surface area contributed by atoms with Crippen LogP contribution in [0.1, 0.15) is 113 Å². The van der Waals surface area contributed by atoms with Crippen molar-refractivity contribution in [2.45, 2.75) is 98.8 Å². The molecule has 5 nitrogen and oxygen atoms in total. The summed E-state index contributed by atoms with van der Waals surface area (Å²) in [5.74, 6) is 2.34. The van der Waals surface area contributed by atoms with E-state index in [9.17, 15) is 5.26 Å². The summed E-state index contributed by atoms with van der Waals surface area (Å²) >= 11 is 0. The number of aryl methyl sites for hydroxylation is 1. The highest BCUT2D eigenvalue weighted by molar-refractivity contribution is 5.62. The zero-order chi connectivity index (χ0) is 24.4. The molecular weight excluding hydrogens is 406 g/mol. The van der Waals surface area contributed by atoms with Gasteiger partial charge in [-0.3, -0.25) is 0 Å². The van der Waals surface area contributed by atoms with E-state index < -0.39 is 0 Å². The van der Waals surface area contributed by atoms with Crippen LogP contribution >= 0.6 is 0 Å². The smallest absolute Gasteiger partial charge is 0.135 e. The van der Waals surface area contributed by atoms with E-state index in [-0.39, 0.29) is 0 Å². The van der Waals surface area contributed by atoms with E-state index in [2.05, 4.69) is 58.6 Å². The minimum Gasteiger partial charge on any atom is -0.398 e. The van der Waals surface area contributed by atoms with E-state index in [1.54, 1.807) is 0 Å². The Morgan fingerprint density at radius 2 is 1.76 bits per heavy atom. The topological polar surface area (TPSA) is 78.8 Å². The third kappa shape index (κ3) is 6.47. The third-order valence-corrected chi connectivity index (χ3v) is 6.49. The SMILES string of the molecule is CCCCN(CCC)c1nc(CC)nc(Cc2c([C@@H](C)CC)ccc(N)c2C#N)c1CCC. The maximum atomic E-state index is 9.97. The van der Waals surface area contributed by atoms with E-state index in [1.807, 2.05) is 6.07 Å². The second kappa shape index (κ2) is 13.2. The van der Waals surface area contributed by atoms with Gasteiger partial charge in [0.25, 0.3) is 0 Å². The van der Waals surface area contributed by atoms with E-state index in [1.165, 1.54) is 11.1 Å². The Balaban J connectivity index is 2.73. The minimum absolute atomic E-state index is 0.357. The van der Waals surface area contributed by atoms with Gasteiger partial charge in [-0.1, -0.05) is 60.5 Å². The van der Waals surface area contributed by atoms with Crippen molar-refractivity contribution in [3.05, 3.63) is 45.9 Å². The molecule has 2 rings (SSSR count). The summed E-state index contributed by atoms with van der Waals surface area (Å²) in [6.07, 6.45) is 7.79. The van der Waals surface area contributed by atoms with Gasteiger partial charge >= 0.3 is 0 Å². The van der Waals surface area contributed by atoms with Crippen molar-refractivity contribution in [1.82, 2.24) is 9.97 Å². The average Bonchev–Trinajstić information content (AvgIpc) is 2.82. The van der Waals surface area contributed by atoms with Crippen LogP contribution in [0, 0.1) is 11.3 Å². The number of benzene rings is 1. The molecule has 2 aromatic rings. The van der Waals surface area contributed by atoms with Crippen LogP contribution in [0.3, 0.4) is 0 Å². The van der Waals surface area contributed by atoms with Crippen LogP contribution in [0.25, 0.3) is 0 Å². The van der Waals surface area contributed by atoms with Crippen LogP contribution in [0.2, 0.25) is 0 Å². The summed E-state index contributed by atoms with van der Waals surface area (Å²) < 4.78 is 0. The Kier molecular flexibility index (Phi) is 10.6. The number of nitrogen functional groups attached to an aromatic ring is 1. The summed E-state index contributed by atoms with van der Waals surface area (Å²) in [4.78, 5) is 12.5. The van der Waals surface area contributed by atoms with Crippen LogP contribution in [0.15, 0.2) is 12.1 Å². The Morgan fingerprint density at radius 3 is 2.33 bits per heavy atom. The number of hydrogen-bond acceptors (Lipinski definition) is 5. The van der Waals surface area contributed by atoms with E-state index >= 15 is 0 Å². The Hall–Kier alpha value is -2.61. The molecule has 1 atom stereocenters. The number of anilines is 2. The lowest BCUT2D eigenvalue weighted by atomic mass is 9.87. The number of nitriles is 1. The molecule has 2 N–H and O–H groups in total. The molecule has 0 saturated carbocycles. The van der Waals surface area contributed by atoms with Crippen molar-refractivity contribution < 1.29 is 0 Å². The van der Waals surface area contributed by atoms with Gasteiger partial charge in [0, 0.05) is 37.2 Å². The van der Waals surface area contributed by atoms with Gasteiger partial charge in [-0.05, 0) is 48.8 Å². The summed E-state index contributed by atoms with van der Waals surface area (Å²) in [6.45, 7) is 15.2. The van der Waals surface area contributed by atoms with Gasteiger partial charge in [0.15, 0.2) is 0 Å². The highest BCUT2D eigenvalue weighted by Crippen LogP contribution is 2.33.